The van der Waals surface area contributed by atoms with Gasteiger partial charge >= 0.3 is 0 Å². The first-order chi connectivity index (χ1) is 14.7. The lowest BCUT2D eigenvalue weighted by atomic mass is 9.74. The normalized spacial score (nSPS) is 22.7. The lowest BCUT2D eigenvalue weighted by Crippen LogP contribution is -2.71. The Kier molecular flexibility index (Phi) is 5.00. The van der Waals surface area contributed by atoms with Crippen LogP contribution in [-0.4, -0.2) is 37.2 Å². The molecular formula is C26H25N3O. The first-order valence-corrected chi connectivity index (χ1v) is 10.5. The smallest absolute Gasteiger partial charge is 0.119 e. The molecule has 3 heterocycles. The summed E-state index contributed by atoms with van der Waals surface area (Å²) in [5, 5.41) is 12.7. The Labute approximate surface area is 177 Å². The fourth-order valence-corrected chi connectivity index (χ4v) is 4.87. The summed E-state index contributed by atoms with van der Waals surface area (Å²) in [6, 6.07) is 28.3. The van der Waals surface area contributed by atoms with E-state index in [1.165, 1.54) is 16.7 Å². The number of ether oxygens (including phenoxy) is 1. The second-order valence-corrected chi connectivity index (χ2v) is 8.26. The van der Waals surface area contributed by atoms with Crippen molar-refractivity contribution in [2.24, 2.45) is 0 Å². The highest BCUT2D eigenvalue weighted by molar-refractivity contribution is 5.64. The third-order valence-electron chi connectivity index (χ3n) is 6.39. The van der Waals surface area contributed by atoms with Gasteiger partial charge in [0.25, 0.3) is 0 Å². The number of rotatable bonds is 5. The topological polar surface area (TPSA) is 48.3 Å². The Morgan fingerprint density at radius 3 is 2.27 bits per heavy atom. The van der Waals surface area contributed by atoms with Crippen LogP contribution in [-0.2, 0) is 6.54 Å². The molecule has 3 fully saturated rings. The molecule has 3 aliphatic rings. The van der Waals surface area contributed by atoms with Crippen molar-refractivity contribution in [2.75, 3.05) is 20.2 Å². The summed E-state index contributed by atoms with van der Waals surface area (Å²) in [6.45, 7) is 3.10. The van der Waals surface area contributed by atoms with Crippen molar-refractivity contribution in [3.05, 3.63) is 89.5 Å². The number of nitriles is 1. The number of benzene rings is 3. The van der Waals surface area contributed by atoms with Crippen molar-refractivity contribution in [1.82, 2.24) is 10.2 Å². The summed E-state index contributed by atoms with van der Waals surface area (Å²) in [7, 11) is 1.72. The number of hydrogen-bond donors (Lipinski definition) is 1. The van der Waals surface area contributed by atoms with Crippen LogP contribution in [0.4, 0.5) is 0 Å². The van der Waals surface area contributed by atoms with Gasteiger partial charge in [-0.3, -0.25) is 4.90 Å². The van der Waals surface area contributed by atoms with Gasteiger partial charge in [0.15, 0.2) is 0 Å². The van der Waals surface area contributed by atoms with E-state index in [4.69, 9.17) is 10.00 Å². The fourth-order valence-electron chi connectivity index (χ4n) is 4.87. The maximum Gasteiger partial charge on any atom is 0.119 e. The molecule has 3 aromatic carbocycles. The van der Waals surface area contributed by atoms with Crippen LogP contribution in [0.5, 0.6) is 5.75 Å². The van der Waals surface area contributed by atoms with Crippen molar-refractivity contribution in [3.8, 4) is 22.9 Å². The SMILES string of the molecule is COc1cccc(CN2C[C@@H]3N[C@H](C2)C3c2ccc(-c3ccc(C#N)cc3)cc2)c1. The lowest BCUT2D eigenvalue weighted by molar-refractivity contribution is 0.0470. The first-order valence-electron chi connectivity index (χ1n) is 10.5. The molecule has 0 spiro atoms. The molecule has 1 N–H and O–H groups in total. The van der Waals surface area contributed by atoms with Gasteiger partial charge in [0, 0.05) is 37.6 Å². The van der Waals surface area contributed by atoms with Gasteiger partial charge in [-0.25, -0.2) is 0 Å². The van der Waals surface area contributed by atoms with Gasteiger partial charge in [0.1, 0.15) is 5.75 Å². The van der Waals surface area contributed by atoms with Crippen LogP contribution in [0.2, 0.25) is 0 Å². The third kappa shape index (κ3) is 3.59. The maximum absolute atomic E-state index is 8.97. The molecule has 4 nitrogen and oxygen atoms in total. The molecule has 3 saturated heterocycles. The van der Waals surface area contributed by atoms with Gasteiger partial charge < -0.3 is 10.1 Å². The van der Waals surface area contributed by atoms with Gasteiger partial charge in [0.05, 0.1) is 18.7 Å². The van der Waals surface area contributed by atoms with Crippen LogP contribution < -0.4 is 10.1 Å². The molecule has 2 bridgehead atoms. The minimum atomic E-state index is 0.509. The lowest BCUT2D eigenvalue weighted by Gasteiger charge is -2.55. The molecule has 1 unspecified atom stereocenters. The molecule has 0 amide bonds. The second kappa shape index (κ2) is 7.95. The molecule has 3 aliphatic heterocycles. The Bertz CT molecular complexity index is 1060. The molecule has 6 rings (SSSR count). The van der Waals surface area contributed by atoms with E-state index in [1.807, 2.05) is 30.3 Å². The molecule has 0 aromatic heterocycles. The summed E-state index contributed by atoms with van der Waals surface area (Å²) in [4.78, 5) is 2.54. The summed E-state index contributed by atoms with van der Waals surface area (Å²) in [6.07, 6.45) is 0. The van der Waals surface area contributed by atoms with Crippen LogP contribution >= 0.6 is 0 Å². The Morgan fingerprint density at radius 2 is 1.63 bits per heavy atom. The minimum absolute atomic E-state index is 0.509. The molecule has 3 atom stereocenters. The van der Waals surface area contributed by atoms with Crippen molar-refractivity contribution < 1.29 is 4.74 Å². The summed E-state index contributed by atoms with van der Waals surface area (Å²) in [5.41, 5.74) is 5.76. The van der Waals surface area contributed by atoms with Gasteiger partial charge in [-0.05, 0) is 46.5 Å². The Hall–Kier alpha value is -3.13. The monoisotopic (exact) mass is 395 g/mol. The highest BCUT2D eigenvalue weighted by atomic mass is 16.5. The van der Waals surface area contributed by atoms with Crippen molar-refractivity contribution in [1.29, 1.82) is 5.26 Å². The summed E-state index contributed by atoms with van der Waals surface area (Å²) in [5.74, 6) is 1.51. The quantitative estimate of drug-likeness (QED) is 0.704. The predicted molar refractivity (Wildman–Crippen MR) is 118 cm³/mol. The third-order valence-corrected chi connectivity index (χ3v) is 6.39. The van der Waals surface area contributed by atoms with E-state index in [-0.39, 0.29) is 0 Å². The van der Waals surface area contributed by atoms with E-state index in [0.29, 0.717) is 23.6 Å². The van der Waals surface area contributed by atoms with Crippen LogP contribution in [0.15, 0.2) is 72.8 Å². The van der Waals surface area contributed by atoms with E-state index in [9.17, 15) is 0 Å². The second-order valence-electron chi connectivity index (χ2n) is 8.26. The zero-order chi connectivity index (χ0) is 20.5. The Balaban J connectivity index is 1.24. The van der Waals surface area contributed by atoms with Gasteiger partial charge in [-0.2, -0.15) is 5.26 Å². The molecule has 3 aromatic rings. The van der Waals surface area contributed by atoms with Crippen LogP contribution in [0.1, 0.15) is 22.6 Å². The number of piperidine rings is 1. The molecule has 150 valence electrons. The molecule has 0 aliphatic carbocycles. The molecule has 0 saturated carbocycles. The number of methoxy groups -OCH3 is 1. The minimum Gasteiger partial charge on any atom is -0.497 e. The molecule has 4 heteroatoms. The summed E-state index contributed by atoms with van der Waals surface area (Å²) < 4.78 is 5.36. The van der Waals surface area contributed by atoms with Crippen LogP contribution in [0, 0.1) is 11.3 Å². The van der Waals surface area contributed by atoms with Crippen molar-refractivity contribution >= 4 is 0 Å². The summed E-state index contributed by atoms with van der Waals surface area (Å²) >= 11 is 0. The standard InChI is InChI=1S/C26H25N3O/c1-30-23-4-2-3-19(13-23)15-29-16-24-26(25(17-29)28-24)22-11-9-21(10-12-22)20-7-5-18(14-27)6-8-20/h2-13,24-26,28H,15-17H2,1H3/t24-,25+,26?. The van der Waals surface area contributed by atoms with E-state index < -0.39 is 0 Å². The van der Waals surface area contributed by atoms with E-state index in [0.717, 1.165) is 30.9 Å². The number of nitrogens with one attached hydrogen (secondary N) is 1. The highest BCUT2D eigenvalue weighted by Crippen LogP contribution is 2.38. The average molecular weight is 396 g/mol. The average Bonchev–Trinajstić information content (AvgIpc) is 2.80. The van der Waals surface area contributed by atoms with E-state index in [2.05, 4.69) is 58.8 Å². The zero-order valence-corrected chi connectivity index (χ0v) is 17.1. The molecule has 30 heavy (non-hydrogen) atoms. The van der Waals surface area contributed by atoms with Gasteiger partial charge in [-0.15, -0.1) is 0 Å². The van der Waals surface area contributed by atoms with E-state index >= 15 is 0 Å². The fraction of sp³-hybridized carbons (Fsp3) is 0.269. The number of fused-ring (bicyclic) bond motifs is 2. The number of hydrogen-bond acceptors (Lipinski definition) is 4. The van der Waals surface area contributed by atoms with Crippen LogP contribution in [0.3, 0.4) is 0 Å². The largest absolute Gasteiger partial charge is 0.497 e. The maximum atomic E-state index is 8.97. The molecular weight excluding hydrogens is 370 g/mol. The van der Waals surface area contributed by atoms with Gasteiger partial charge in [-0.1, -0.05) is 48.5 Å². The predicted octanol–water partition coefficient (Wildman–Crippen LogP) is 4.17. The molecule has 0 radical (unpaired) electrons. The van der Waals surface area contributed by atoms with E-state index in [1.54, 1.807) is 7.11 Å². The zero-order valence-electron chi connectivity index (χ0n) is 17.1. The number of nitrogens with zero attached hydrogens (tertiary/aromatic N) is 2. The van der Waals surface area contributed by atoms with Crippen molar-refractivity contribution in [3.63, 3.8) is 0 Å². The highest BCUT2D eigenvalue weighted by Gasteiger charge is 2.46. The number of piperazine rings is 1. The van der Waals surface area contributed by atoms with Crippen molar-refractivity contribution in [2.45, 2.75) is 24.5 Å². The van der Waals surface area contributed by atoms with Gasteiger partial charge in [0.2, 0.25) is 0 Å². The first kappa shape index (κ1) is 18.9. The Morgan fingerprint density at radius 1 is 0.967 bits per heavy atom. The van der Waals surface area contributed by atoms with Crippen LogP contribution in [0.25, 0.3) is 11.1 Å².